The summed E-state index contributed by atoms with van der Waals surface area (Å²) in [6, 6.07) is 0. The van der Waals surface area contributed by atoms with E-state index >= 15 is 0 Å². The number of nitrogens with one attached hydrogen (secondary N) is 1. The van der Waals surface area contributed by atoms with Crippen LogP contribution < -0.4 is 11.4 Å². The van der Waals surface area contributed by atoms with Crippen LogP contribution in [0.15, 0.2) is 15.9 Å². The maximum atomic E-state index is 11.4. The number of aliphatic hydroxyl groups excluding tert-OH is 3. The molecule has 0 radical (unpaired) electrons. The van der Waals surface area contributed by atoms with E-state index in [-0.39, 0.29) is 0 Å². The smallest absolute Gasteiger partial charge is 0.350 e. The molecule has 9 nitrogen and oxygen atoms in total. The van der Waals surface area contributed by atoms with E-state index in [2.05, 4.69) is 4.98 Å². The van der Waals surface area contributed by atoms with E-state index in [1.165, 1.54) is 0 Å². The van der Waals surface area contributed by atoms with Gasteiger partial charge in [-0.1, -0.05) is 0 Å². The Morgan fingerprint density at radius 3 is 2.65 bits per heavy atom. The van der Waals surface area contributed by atoms with Crippen molar-refractivity contribution >= 4 is 0 Å². The van der Waals surface area contributed by atoms with Crippen LogP contribution in [0, 0.1) is 0 Å². The summed E-state index contributed by atoms with van der Waals surface area (Å²) in [4.78, 5) is 27.4. The second kappa shape index (κ2) is 4.37. The van der Waals surface area contributed by atoms with Gasteiger partial charge < -0.3 is 20.1 Å². The molecule has 0 aliphatic carbocycles. The molecule has 2 heterocycles. The molecule has 0 saturated carbocycles. The first-order chi connectivity index (χ1) is 8.04. The molecule has 0 aromatic carbocycles. The predicted molar refractivity (Wildman–Crippen MR) is 52.1 cm³/mol. The average molecular weight is 245 g/mol. The Morgan fingerprint density at radius 2 is 2.12 bits per heavy atom. The maximum absolute atomic E-state index is 11.4. The highest BCUT2D eigenvalue weighted by Gasteiger charge is 2.43. The SMILES string of the molecule is O=c1ncn([C@@H]2O[C@@H](CO)[C@@H](O)[C@H]2O)c(=O)[nH]1. The summed E-state index contributed by atoms with van der Waals surface area (Å²) in [5.41, 5.74) is -1.64. The largest absolute Gasteiger partial charge is 0.394 e. The third-order valence-corrected chi connectivity index (χ3v) is 2.54. The van der Waals surface area contributed by atoms with Crippen molar-refractivity contribution in [3.8, 4) is 0 Å². The fourth-order valence-electron chi connectivity index (χ4n) is 1.65. The van der Waals surface area contributed by atoms with Crippen molar-refractivity contribution in [2.75, 3.05) is 6.61 Å². The summed E-state index contributed by atoms with van der Waals surface area (Å²) in [7, 11) is 0. The highest BCUT2D eigenvalue weighted by molar-refractivity contribution is 4.89. The molecule has 0 bridgehead atoms. The third-order valence-electron chi connectivity index (χ3n) is 2.54. The van der Waals surface area contributed by atoms with Crippen LogP contribution in [-0.2, 0) is 4.74 Å². The molecule has 1 saturated heterocycles. The first kappa shape index (κ1) is 11.9. The Morgan fingerprint density at radius 1 is 1.41 bits per heavy atom. The molecule has 2 rings (SSSR count). The first-order valence-electron chi connectivity index (χ1n) is 4.84. The van der Waals surface area contributed by atoms with Gasteiger partial charge in [0, 0.05) is 0 Å². The Kier molecular flexibility index (Phi) is 3.07. The van der Waals surface area contributed by atoms with Gasteiger partial charge in [-0.15, -0.1) is 0 Å². The molecule has 4 N–H and O–H groups in total. The van der Waals surface area contributed by atoms with Crippen LogP contribution in [0.25, 0.3) is 0 Å². The molecular weight excluding hydrogens is 234 g/mol. The van der Waals surface area contributed by atoms with Crippen molar-refractivity contribution in [3.05, 3.63) is 27.3 Å². The van der Waals surface area contributed by atoms with Crippen LogP contribution >= 0.6 is 0 Å². The van der Waals surface area contributed by atoms with Gasteiger partial charge in [-0.2, -0.15) is 4.98 Å². The number of nitrogens with zero attached hydrogens (tertiary/aromatic N) is 2. The summed E-state index contributed by atoms with van der Waals surface area (Å²) >= 11 is 0. The van der Waals surface area contributed by atoms with Crippen molar-refractivity contribution in [2.24, 2.45) is 0 Å². The van der Waals surface area contributed by atoms with Gasteiger partial charge in [-0.3, -0.25) is 9.55 Å². The van der Waals surface area contributed by atoms with E-state index in [0.717, 1.165) is 10.9 Å². The molecular formula is C8H11N3O6. The highest BCUT2D eigenvalue weighted by Crippen LogP contribution is 2.27. The number of H-pyrrole nitrogens is 1. The summed E-state index contributed by atoms with van der Waals surface area (Å²) in [5.74, 6) is 0. The Hall–Kier alpha value is -1.55. The van der Waals surface area contributed by atoms with Crippen molar-refractivity contribution in [1.82, 2.24) is 14.5 Å². The van der Waals surface area contributed by atoms with Gasteiger partial charge in [-0.05, 0) is 0 Å². The minimum absolute atomic E-state index is 0.500. The second-order valence-corrected chi connectivity index (χ2v) is 3.62. The van der Waals surface area contributed by atoms with Crippen LogP contribution in [0.1, 0.15) is 6.23 Å². The zero-order valence-corrected chi connectivity index (χ0v) is 8.55. The number of aromatic nitrogens is 3. The highest BCUT2D eigenvalue weighted by atomic mass is 16.6. The van der Waals surface area contributed by atoms with Crippen molar-refractivity contribution < 1.29 is 20.1 Å². The van der Waals surface area contributed by atoms with Gasteiger partial charge in [0.1, 0.15) is 24.6 Å². The molecule has 1 aliphatic rings. The van der Waals surface area contributed by atoms with Gasteiger partial charge >= 0.3 is 11.4 Å². The predicted octanol–water partition coefficient (Wildman–Crippen LogP) is -3.46. The number of hydrogen-bond donors (Lipinski definition) is 4. The molecule has 1 aliphatic heterocycles. The minimum atomic E-state index is -1.39. The van der Waals surface area contributed by atoms with E-state index in [1.807, 2.05) is 4.98 Å². The quantitative estimate of drug-likeness (QED) is 0.425. The van der Waals surface area contributed by atoms with Crippen LogP contribution in [-0.4, -0.2) is 54.8 Å². The Bertz CT molecular complexity index is 510. The summed E-state index contributed by atoms with van der Waals surface area (Å²) in [6.45, 7) is -0.500. The summed E-state index contributed by atoms with van der Waals surface area (Å²) in [5, 5.41) is 28.0. The van der Waals surface area contributed by atoms with Crippen LogP contribution in [0.2, 0.25) is 0 Å². The van der Waals surface area contributed by atoms with E-state index in [9.17, 15) is 19.8 Å². The molecule has 94 valence electrons. The lowest BCUT2D eigenvalue weighted by Crippen LogP contribution is -2.38. The molecule has 0 spiro atoms. The van der Waals surface area contributed by atoms with E-state index in [1.54, 1.807) is 0 Å². The Balaban J connectivity index is 2.35. The van der Waals surface area contributed by atoms with Gasteiger partial charge in [0.2, 0.25) is 0 Å². The molecule has 0 amide bonds. The fourth-order valence-corrected chi connectivity index (χ4v) is 1.65. The number of rotatable bonds is 2. The number of ether oxygens (including phenoxy) is 1. The standard InChI is InChI=1S/C8H11N3O6/c12-1-3-4(13)5(14)6(17-3)11-2-9-7(15)10-8(11)16/h2-6,12-14H,1H2,(H,10,15,16)/t3-,4+,5+,6+/m0/s1. The van der Waals surface area contributed by atoms with Crippen LogP contribution in [0.3, 0.4) is 0 Å². The number of aliphatic hydroxyl groups is 3. The molecule has 17 heavy (non-hydrogen) atoms. The second-order valence-electron chi connectivity index (χ2n) is 3.62. The third kappa shape index (κ3) is 2.00. The lowest BCUT2D eigenvalue weighted by Gasteiger charge is -2.15. The van der Waals surface area contributed by atoms with Gasteiger partial charge in [0.05, 0.1) is 6.61 Å². The minimum Gasteiger partial charge on any atom is -0.394 e. The summed E-state index contributed by atoms with van der Waals surface area (Å²) in [6.07, 6.45) is -3.99. The molecule has 4 atom stereocenters. The van der Waals surface area contributed by atoms with Crippen molar-refractivity contribution in [1.29, 1.82) is 0 Å². The lowest BCUT2D eigenvalue weighted by atomic mass is 10.1. The van der Waals surface area contributed by atoms with Gasteiger partial charge in [0.25, 0.3) is 0 Å². The molecule has 1 aromatic rings. The normalized spacial score (nSPS) is 32.9. The first-order valence-corrected chi connectivity index (χ1v) is 4.84. The summed E-state index contributed by atoms with van der Waals surface area (Å²) < 4.78 is 5.93. The number of hydrogen-bond acceptors (Lipinski definition) is 7. The van der Waals surface area contributed by atoms with E-state index in [4.69, 9.17) is 9.84 Å². The monoisotopic (exact) mass is 245 g/mol. The fraction of sp³-hybridized carbons (Fsp3) is 0.625. The topological polar surface area (TPSA) is 138 Å². The molecule has 0 unspecified atom stereocenters. The lowest BCUT2D eigenvalue weighted by molar-refractivity contribution is -0.0555. The van der Waals surface area contributed by atoms with Crippen LogP contribution in [0.4, 0.5) is 0 Å². The molecule has 9 heteroatoms. The van der Waals surface area contributed by atoms with Crippen LogP contribution in [0.5, 0.6) is 0 Å². The molecule has 1 fully saturated rings. The maximum Gasteiger partial charge on any atom is 0.350 e. The number of aromatic amines is 1. The van der Waals surface area contributed by atoms with E-state index in [0.29, 0.717) is 0 Å². The van der Waals surface area contributed by atoms with Gasteiger partial charge in [-0.25, -0.2) is 9.59 Å². The average Bonchev–Trinajstić information content (AvgIpc) is 2.57. The Labute approximate surface area is 93.9 Å². The van der Waals surface area contributed by atoms with Crippen molar-refractivity contribution in [3.63, 3.8) is 0 Å². The van der Waals surface area contributed by atoms with Crippen molar-refractivity contribution in [2.45, 2.75) is 24.5 Å². The molecule has 1 aromatic heterocycles. The van der Waals surface area contributed by atoms with E-state index < -0.39 is 42.5 Å². The zero-order valence-electron chi connectivity index (χ0n) is 8.55. The van der Waals surface area contributed by atoms with Gasteiger partial charge in [0.15, 0.2) is 6.23 Å². The zero-order chi connectivity index (χ0) is 12.6.